The molecule has 1 aliphatic heterocycles. The first-order valence-electron chi connectivity index (χ1n) is 9.85. The molecule has 0 radical (unpaired) electrons. The Hall–Kier alpha value is -2.58. The smallest absolute Gasteiger partial charge is 0.119 e. The molecule has 0 unspecified atom stereocenters. The van der Waals surface area contributed by atoms with Gasteiger partial charge in [-0.2, -0.15) is 0 Å². The highest BCUT2D eigenvalue weighted by Gasteiger charge is 2.34. The lowest BCUT2D eigenvalue weighted by atomic mass is 10.1. The molecule has 1 aliphatic rings. The molecule has 0 spiro atoms. The van der Waals surface area contributed by atoms with Crippen molar-refractivity contribution in [1.29, 1.82) is 0 Å². The summed E-state index contributed by atoms with van der Waals surface area (Å²) in [7, 11) is -1.39. The summed E-state index contributed by atoms with van der Waals surface area (Å²) < 4.78 is 6.04. The van der Waals surface area contributed by atoms with E-state index in [0.29, 0.717) is 0 Å². The Morgan fingerprint density at radius 1 is 0.667 bits per heavy atom. The van der Waals surface area contributed by atoms with Crippen molar-refractivity contribution in [3.63, 3.8) is 0 Å². The first kappa shape index (κ1) is 17.8. The minimum absolute atomic E-state index is 0.798. The SMILES string of the molecule is C1=CC[Si](CCCOc2ccc(-c3ccccc3)cc2)(c2ccccc2)C1. The number of ether oxygens (including phenoxy) is 1. The minimum Gasteiger partial charge on any atom is -0.494 e. The summed E-state index contributed by atoms with van der Waals surface area (Å²) in [6.07, 6.45) is 5.91. The van der Waals surface area contributed by atoms with Crippen LogP contribution in [-0.4, -0.2) is 14.7 Å². The molecular formula is C25H26OSi. The summed E-state index contributed by atoms with van der Waals surface area (Å²) in [6, 6.07) is 34.0. The summed E-state index contributed by atoms with van der Waals surface area (Å²) in [5.41, 5.74) is 2.48. The molecule has 4 rings (SSSR count). The lowest BCUT2D eigenvalue weighted by Gasteiger charge is -2.27. The van der Waals surface area contributed by atoms with Gasteiger partial charge in [-0.3, -0.25) is 0 Å². The largest absolute Gasteiger partial charge is 0.494 e. The fourth-order valence-electron chi connectivity index (χ4n) is 4.05. The molecule has 0 atom stereocenters. The van der Waals surface area contributed by atoms with Crippen molar-refractivity contribution in [2.24, 2.45) is 0 Å². The van der Waals surface area contributed by atoms with Crippen LogP contribution >= 0.6 is 0 Å². The average molecular weight is 371 g/mol. The van der Waals surface area contributed by atoms with Crippen molar-refractivity contribution in [2.45, 2.75) is 24.6 Å². The molecule has 0 N–H and O–H groups in total. The third-order valence-electron chi connectivity index (χ3n) is 5.60. The van der Waals surface area contributed by atoms with Crippen molar-refractivity contribution in [1.82, 2.24) is 0 Å². The Kier molecular flexibility index (Phi) is 5.54. The summed E-state index contributed by atoms with van der Waals surface area (Å²) >= 11 is 0. The van der Waals surface area contributed by atoms with Crippen molar-refractivity contribution in [3.8, 4) is 16.9 Å². The number of hydrogen-bond donors (Lipinski definition) is 0. The third-order valence-corrected chi connectivity index (χ3v) is 10.5. The van der Waals surface area contributed by atoms with Crippen LogP contribution in [0.25, 0.3) is 11.1 Å². The Bertz CT molecular complexity index is 861. The van der Waals surface area contributed by atoms with Crippen LogP contribution in [-0.2, 0) is 0 Å². The lowest BCUT2D eigenvalue weighted by molar-refractivity contribution is 0.317. The van der Waals surface area contributed by atoms with Crippen molar-refractivity contribution < 1.29 is 4.74 Å². The van der Waals surface area contributed by atoms with Gasteiger partial charge in [0.05, 0.1) is 14.7 Å². The molecular weight excluding hydrogens is 344 g/mol. The predicted octanol–water partition coefficient (Wildman–Crippen LogP) is 6.05. The van der Waals surface area contributed by atoms with E-state index in [1.807, 2.05) is 6.07 Å². The molecule has 0 aliphatic carbocycles. The van der Waals surface area contributed by atoms with Gasteiger partial charge in [0.2, 0.25) is 0 Å². The molecule has 0 saturated carbocycles. The van der Waals surface area contributed by atoms with E-state index in [1.54, 1.807) is 5.19 Å². The summed E-state index contributed by atoms with van der Waals surface area (Å²) in [4.78, 5) is 0. The molecule has 3 aromatic carbocycles. The van der Waals surface area contributed by atoms with Gasteiger partial charge in [0.25, 0.3) is 0 Å². The van der Waals surface area contributed by atoms with Gasteiger partial charge < -0.3 is 4.74 Å². The standard InChI is InChI=1S/C25H26OSi/c1-3-10-22(11-4-1)23-14-16-24(17-15-23)26-18-9-21-27(19-7-8-20-27)25-12-5-2-6-13-25/h1-8,10-17H,9,18-21H2. The van der Waals surface area contributed by atoms with E-state index in [-0.39, 0.29) is 0 Å². The zero-order chi connectivity index (χ0) is 18.4. The zero-order valence-electron chi connectivity index (χ0n) is 15.7. The fraction of sp³-hybridized carbons (Fsp3) is 0.200. The summed E-state index contributed by atoms with van der Waals surface area (Å²) in [5, 5.41) is 1.60. The lowest BCUT2D eigenvalue weighted by Crippen LogP contribution is -2.45. The predicted molar refractivity (Wildman–Crippen MR) is 117 cm³/mol. The molecule has 0 bridgehead atoms. The van der Waals surface area contributed by atoms with Crippen LogP contribution in [0, 0.1) is 0 Å². The molecule has 2 heteroatoms. The van der Waals surface area contributed by atoms with Crippen LogP contribution in [0.4, 0.5) is 0 Å². The first-order valence-corrected chi connectivity index (χ1v) is 12.5. The van der Waals surface area contributed by atoms with E-state index < -0.39 is 8.07 Å². The average Bonchev–Trinajstić information content (AvgIpc) is 3.23. The van der Waals surface area contributed by atoms with Gasteiger partial charge in [-0.1, -0.05) is 90.1 Å². The van der Waals surface area contributed by atoms with E-state index >= 15 is 0 Å². The Morgan fingerprint density at radius 3 is 1.93 bits per heavy atom. The van der Waals surface area contributed by atoms with E-state index in [0.717, 1.165) is 18.8 Å². The Labute approximate surface area is 163 Å². The maximum Gasteiger partial charge on any atom is 0.119 e. The molecule has 1 nitrogen and oxygen atoms in total. The zero-order valence-corrected chi connectivity index (χ0v) is 16.7. The molecule has 0 saturated heterocycles. The van der Waals surface area contributed by atoms with Gasteiger partial charge in [-0.15, -0.1) is 0 Å². The molecule has 0 fully saturated rings. The second kappa shape index (κ2) is 8.41. The first-order chi connectivity index (χ1) is 13.4. The van der Waals surface area contributed by atoms with Gasteiger partial charge in [0.1, 0.15) is 5.75 Å². The maximum atomic E-state index is 6.04. The van der Waals surface area contributed by atoms with E-state index in [4.69, 9.17) is 4.74 Å². The van der Waals surface area contributed by atoms with Gasteiger partial charge >= 0.3 is 0 Å². The van der Waals surface area contributed by atoms with Crippen LogP contribution in [0.3, 0.4) is 0 Å². The van der Waals surface area contributed by atoms with Crippen molar-refractivity contribution in [2.75, 3.05) is 6.61 Å². The molecule has 136 valence electrons. The monoisotopic (exact) mass is 370 g/mol. The number of benzene rings is 3. The highest BCUT2D eigenvalue weighted by atomic mass is 28.3. The third kappa shape index (κ3) is 4.23. The second-order valence-electron chi connectivity index (χ2n) is 7.37. The Balaban J connectivity index is 1.32. The van der Waals surface area contributed by atoms with Gasteiger partial charge in [0, 0.05) is 0 Å². The normalized spacial score (nSPS) is 15.0. The van der Waals surface area contributed by atoms with Crippen LogP contribution in [0.2, 0.25) is 18.1 Å². The van der Waals surface area contributed by atoms with Crippen LogP contribution in [0.1, 0.15) is 6.42 Å². The number of allylic oxidation sites excluding steroid dienone is 2. The molecule has 1 heterocycles. The van der Waals surface area contributed by atoms with E-state index in [1.165, 1.54) is 29.3 Å². The number of rotatable bonds is 7. The summed E-state index contributed by atoms with van der Waals surface area (Å²) in [5.74, 6) is 0.967. The van der Waals surface area contributed by atoms with Crippen LogP contribution < -0.4 is 9.92 Å². The number of hydrogen-bond acceptors (Lipinski definition) is 1. The Morgan fingerprint density at radius 2 is 1.26 bits per heavy atom. The summed E-state index contributed by atoms with van der Waals surface area (Å²) in [6.45, 7) is 0.798. The maximum absolute atomic E-state index is 6.04. The molecule has 0 amide bonds. The molecule has 3 aromatic rings. The quantitative estimate of drug-likeness (QED) is 0.279. The van der Waals surface area contributed by atoms with Gasteiger partial charge in [-0.05, 0) is 47.8 Å². The highest BCUT2D eigenvalue weighted by molar-refractivity contribution is 6.93. The van der Waals surface area contributed by atoms with Gasteiger partial charge in [-0.25, -0.2) is 0 Å². The van der Waals surface area contributed by atoms with Crippen LogP contribution in [0.15, 0.2) is 97.1 Å². The van der Waals surface area contributed by atoms with E-state index in [2.05, 4.69) is 91.0 Å². The minimum atomic E-state index is -1.39. The fourth-order valence-corrected chi connectivity index (χ4v) is 8.34. The highest BCUT2D eigenvalue weighted by Crippen LogP contribution is 2.29. The van der Waals surface area contributed by atoms with Crippen molar-refractivity contribution >= 4 is 13.3 Å². The van der Waals surface area contributed by atoms with Crippen LogP contribution in [0.5, 0.6) is 5.75 Å². The van der Waals surface area contributed by atoms with Crippen molar-refractivity contribution in [3.05, 3.63) is 97.1 Å². The van der Waals surface area contributed by atoms with Gasteiger partial charge in [0.15, 0.2) is 0 Å². The topological polar surface area (TPSA) is 9.23 Å². The molecule has 27 heavy (non-hydrogen) atoms. The molecule has 0 aromatic heterocycles. The second-order valence-corrected chi connectivity index (χ2v) is 11.8. The van der Waals surface area contributed by atoms with E-state index in [9.17, 15) is 0 Å².